The van der Waals surface area contributed by atoms with E-state index in [0.29, 0.717) is 11.3 Å². The van der Waals surface area contributed by atoms with Crippen LogP contribution in [0, 0.1) is 6.92 Å². The number of carbonyl (C=O) groups excluding carboxylic acids is 2. The molecule has 0 aliphatic carbocycles. The number of nitrogens with zero attached hydrogens (tertiary/aromatic N) is 3. The fourth-order valence-corrected chi connectivity index (χ4v) is 3.13. The van der Waals surface area contributed by atoms with Crippen molar-refractivity contribution >= 4 is 23.7 Å². The topological polar surface area (TPSA) is 136 Å². The van der Waals surface area contributed by atoms with Crippen LogP contribution >= 0.6 is 0 Å². The van der Waals surface area contributed by atoms with Crippen LogP contribution < -0.4 is 16.8 Å². The average Bonchev–Trinajstić information content (AvgIpc) is 2.82. The van der Waals surface area contributed by atoms with Crippen LogP contribution in [0.15, 0.2) is 71.8 Å². The summed E-state index contributed by atoms with van der Waals surface area (Å²) in [4.78, 5) is 35.4. The monoisotopic (exact) mass is 482 g/mol. The van der Waals surface area contributed by atoms with Crippen LogP contribution in [0.1, 0.15) is 16.1 Å². The van der Waals surface area contributed by atoms with Crippen molar-refractivity contribution in [2.45, 2.75) is 13.1 Å². The van der Waals surface area contributed by atoms with Crippen LogP contribution in [0.5, 0.6) is 0 Å². The Kier molecular flexibility index (Phi) is 7.59. The molecule has 2 amide bonds. The van der Waals surface area contributed by atoms with Crippen LogP contribution in [0.2, 0.25) is 0 Å². The van der Waals surface area contributed by atoms with E-state index in [1.807, 2.05) is 13.0 Å². The SMILES string of the molecule is Cc1ccc(NC(=O)C(C=NCC(F)(F)F)=CN)cc1-c1cncc(-c2ccnc(C(N)=O)c2)c1. The third-order valence-electron chi connectivity index (χ3n) is 4.83. The van der Waals surface area contributed by atoms with Gasteiger partial charge in [0.1, 0.15) is 12.2 Å². The molecule has 0 spiro atoms. The van der Waals surface area contributed by atoms with Gasteiger partial charge in [0.05, 0.1) is 5.57 Å². The molecule has 0 saturated carbocycles. The molecule has 35 heavy (non-hydrogen) atoms. The zero-order chi connectivity index (χ0) is 25.6. The fraction of sp³-hybridized carbons (Fsp3) is 0.125. The second-order valence-corrected chi connectivity index (χ2v) is 7.45. The van der Waals surface area contributed by atoms with Gasteiger partial charge >= 0.3 is 6.18 Å². The maximum absolute atomic E-state index is 12.5. The highest BCUT2D eigenvalue weighted by molar-refractivity contribution is 6.17. The molecule has 5 N–H and O–H groups in total. The molecule has 0 aliphatic heterocycles. The van der Waals surface area contributed by atoms with Gasteiger partial charge in [-0.1, -0.05) is 6.07 Å². The summed E-state index contributed by atoms with van der Waals surface area (Å²) in [6, 6.07) is 10.3. The van der Waals surface area contributed by atoms with Gasteiger partial charge in [0.2, 0.25) is 0 Å². The molecule has 2 aromatic heterocycles. The molecule has 0 fully saturated rings. The molecule has 0 unspecified atom stereocenters. The highest BCUT2D eigenvalue weighted by atomic mass is 19.4. The van der Waals surface area contributed by atoms with E-state index in [2.05, 4.69) is 20.3 Å². The highest BCUT2D eigenvalue weighted by Crippen LogP contribution is 2.30. The largest absolute Gasteiger partial charge is 0.407 e. The second kappa shape index (κ2) is 10.6. The van der Waals surface area contributed by atoms with E-state index in [4.69, 9.17) is 11.5 Å². The number of aliphatic imine (C=N–C) groups is 1. The van der Waals surface area contributed by atoms with Crippen molar-refractivity contribution in [3.63, 3.8) is 0 Å². The van der Waals surface area contributed by atoms with Crippen molar-refractivity contribution in [2.75, 3.05) is 11.9 Å². The minimum Gasteiger partial charge on any atom is -0.404 e. The lowest BCUT2D eigenvalue weighted by atomic mass is 9.98. The Hall–Kier alpha value is -4.54. The van der Waals surface area contributed by atoms with Crippen molar-refractivity contribution in [1.29, 1.82) is 0 Å². The summed E-state index contributed by atoms with van der Waals surface area (Å²) in [5, 5.41) is 2.60. The number of benzene rings is 1. The predicted molar refractivity (Wildman–Crippen MR) is 126 cm³/mol. The Morgan fingerprint density at radius 1 is 1.09 bits per heavy atom. The minimum absolute atomic E-state index is 0.122. The van der Waals surface area contributed by atoms with Gasteiger partial charge in [0, 0.05) is 47.8 Å². The molecule has 0 atom stereocenters. The second-order valence-electron chi connectivity index (χ2n) is 7.45. The molecule has 11 heteroatoms. The lowest BCUT2D eigenvalue weighted by Gasteiger charge is -2.12. The first-order chi connectivity index (χ1) is 16.6. The van der Waals surface area contributed by atoms with E-state index >= 15 is 0 Å². The van der Waals surface area contributed by atoms with Crippen LogP contribution in [0.4, 0.5) is 18.9 Å². The Morgan fingerprint density at radius 3 is 2.51 bits per heavy atom. The number of pyridine rings is 2. The highest BCUT2D eigenvalue weighted by Gasteiger charge is 2.26. The van der Waals surface area contributed by atoms with E-state index < -0.39 is 24.5 Å². The van der Waals surface area contributed by atoms with Crippen molar-refractivity contribution in [2.24, 2.45) is 16.5 Å². The number of nitrogens with two attached hydrogens (primary N) is 2. The molecule has 0 bridgehead atoms. The first-order valence-electron chi connectivity index (χ1n) is 10.2. The number of anilines is 1. The first kappa shape index (κ1) is 25.1. The summed E-state index contributed by atoms with van der Waals surface area (Å²) in [5.41, 5.74) is 14.8. The quantitative estimate of drug-likeness (QED) is 0.349. The molecular weight excluding hydrogens is 461 g/mol. The maximum Gasteiger partial charge on any atom is 0.407 e. The number of alkyl halides is 3. The van der Waals surface area contributed by atoms with Crippen LogP contribution in [-0.2, 0) is 4.79 Å². The van der Waals surface area contributed by atoms with E-state index in [9.17, 15) is 22.8 Å². The van der Waals surface area contributed by atoms with Gasteiger partial charge in [-0.15, -0.1) is 0 Å². The lowest BCUT2D eigenvalue weighted by Crippen LogP contribution is -2.18. The number of hydrogen-bond donors (Lipinski definition) is 3. The molecule has 0 radical (unpaired) electrons. The third kappa shape index (κ3) is 6.73. The van der Waals surface area contributed by atoms with Crippen molar-refractivity contribution in [3.05, 3.63) is 78.0 Å². The number of aryl methyl sites for hydroxylation is 1. The molecule has 1 aromatic carbocycles. The number of hydrogen-bond acceptors (Lipinski definition) is 6. The van der Waals surface area contributed by atoms with Gasteiger partial charge < -0.3 is 16.8 Å². The number of carbonyl (C=O) groups is 2. The third-order valence-corrected chi connectivity index (χ3v) is 4.83. The molecule has 0 aliphatic rings. The predicted octanol–water partition coefficient (Wildman–Crippen LogP) is 3.63. The molecule has 180 valence electrons. The maximum atomic E-state index is 12.5. The number of halogens is 3. The average molecular weight is 482 g/mol. The Morgan fingerprint density at radius 2 is 1.83 bits per heavy atom. The summed E-state index contributed by atoms with van der Waals surface area (Å²) in [6.07, 6.45) is 1.92. The van der Waals surface area contributed by atoms with Gasteiger partial charge in [0.15, 0.2) is 0 Å². The van der Waals surface area contributed by atoms with E-state index in [1.165, 1.54) is 6.20 Å². The Balaban J connectivity index is 1.86. The van der Waals surface area contributed by atoms with Gasteiger partial charge in [-0.3, -0.25) is 24.5 Å². The van der Waals surface area contributed by atoms with Gasteiger partial charge in [-0.05, 0) is 53.9 Å². The summed E-state index contributed by atoms with van der Waals surface area (Å²) < 4.78 is 36.9. The minimum atomic E-state index is -4.49. The van der Waals surface area contributed by atoms with Crippen LogP contribution in [0.25, 0.3) is 22.3 Å². The normalized spacial score (nSPS) is 12.1. The number of amides is 2. The fourth-order valence-electron chi connectivity index (χ4n) is 3.13. The molecule has 2 heterocycles. The van der Waals surface area contributed by atoms with Crippen LogP contribution in [-0.4, -0.2) is 40.7 Å². The number of primary amides is 1. The van der Waals surface area contributed by atoms with E-state index in [1.54, 1.807) is 42.7 Å². The zero-order valence-corrected chi connectivity index (χ0v) is 18.5. The summed E-state index contributed by atoms with van der Waals surface area (Å²) in [7, 11) is 0. The summed E-state index contributed by atoms with van der Waals surface area (Å²) >= 11 is 0. The first-order valence-corrected chi connectivity index (χ1v) is 10.2. The van der Waals surface area contributed by atoms with E-state index in [-0.39, 0.29) is 11.3 Å². The number of rotatable bonds is 7. The van der Waals surface area contributed by atoms with Crippen molar-refractivity contribution in [3.8, 4) is 22.3 Å². The number of nitrogens with one attached hydrogen (secondary N) is 1. The number of aromatic nitrogens is 2. The zero-order valence-electron chi connectivity index (χ0n) is 18.5. The van der Waals surface area contributed by atoms with Crippen molar-refractivity contribution < 1.29 is 22.8 Å². The van der Waals surface area contributed by atoms with Crippen molar-refractivity contribution in [1.82, 2.24) is 9.97 Å². The molecule has 8 nitrogen and oxygen atoms in total. The Labute approximate surface area is 198 Å². The smallest absolute Gasteiger partial charge is 0.404 e. The van der Waals surface area contributed by atoms with E-state index in [0.717, 1.165) is 34.7 Å². The molecule has 0 saturated heterocycles. The standard InChI is InChI=1S/C24H21F3N6O2/c1-14-2-3-19(33-23(35)18(9-28)12-31-13-24(25,26)27)8-20(14)17-6-16(10-30-11-17)15-4-5-32-21(7-15)22(29)34/h2-12H,13,28H2,1H3,(H2,29,34)(H,33,35). The molecule has 3 aromatic rings. The van der Waals surface area contributed by atoms with Gasteiger partial charge in [-0.25, -0.2) is 0 Å². The lowest BCUT2D eigenvalue weighted by molar-refractivity contribution is -0.118. The van der Waals surface area contributed by atoms with Gasteiger partial charge in [-0.2, -0.15) is 13.2 Å². The Bertz CT molecular complexity index is 1320. The molecule has 3 rings (SSSR count). The molecular formula is C24H21F3N6O2. The van der Waals surface area contributed by atoms with Crippen LogP contribution in [0.3, 0.4) is 0 Å². The summed E-state index contributed by atoms with van der Waals surface area (Å²) in [5.74, 6) is -1.36. The summed E-state index contributed by atoms with van der Waals surface area (Å²) in [6.45, 7) is 0.453. The van der Waals surface area contributed by atoms with Gasteiger partial charge in [0.25, 0.3) is 11.8 Å².